The van der Waals surface area contributed by atoms with E-state index in [9.17, 15) is 9.90 Å². The number of nitrogens with one attached hydrogen (secondary N) is 2. The molecule has 0 saturated carbocycles. The van der Waals surface area contributed by atoms with E-state index in [1.807, 2.05) is 49.4 Å². The number of aliphatic hydroxyl groups excluding tert-OH is 1. The number of alkyl halides is 1. The summed E-state index contributed by atoms with van der Waals surface area (Å²) in [6.07, 6.45) is 8.21. The summed E-state index contributed by atoms with van der Waals surface area (Å²) < 4.78 is 4.86. The fourth-order valence-corrected chi connectivity index (χ4v) is 2.89. The van der Waals surface area contributed by atoms with Gasteiger partial charge in [0.05, 0.1) is 18.8 Å². The number of nitrogens with zero attached hydrogens (tertiary/aromatic N) is 1. The highest BCUT2D eigenvalue weighted by Crippen LogP contribution is 2.25. The van der Waals surface area contributed by atoms with Crippen molar-refractivity contribution in [3.8, 4) is 11.1 Å². The number of benzene rings is 1. The number of esters is 1. The van der Waals surface area contributed by atoms with Crippen molar-refractivity contribution in [3.05, 3.63) is 72.1 Å². The maximum absolute atomic E-state index is 12.0. The van der Waals surface area contributed by atoms with Crippen molar-refractivity contribution >= 4 is 23.3 Å². The molecular formula is C23H28ClN3O3. The molecule has 1 aromatic heterocycles. The van der Waals surface area contributed by atoms with Gasteiger partial charge in [0.15, 0.2) is 0 Å². The minimum atomic E-state index is -0.546. The first-order chi connectivity index (χ1) is 14.6. The van der Waals surface area contributed by atoms with Gasteiger partial charge < -0.3 is 20.5 Å². The molecule has 1 unspecified atom stereocenters. The fraction of sp³-hybridized carbons (Fsp3) is 0.304. The van der Waals surface area contributed by atoms with E-state index < -0.39 is 12.1 Å². The lowest BCUT2D eigenvalue weighted by molar-refractivity contribution is 0.0601. The third-order valence-electron chi connectivity index (χ3n) is 4.48. The quantitative estimate of drug-likeness (QED) is 0.219. The topological polar surface area (TPSA) is 83.5 Å². The number of anilines is 1. The van der Waals surface area contributed by atoms with E-state index in [1.165, 1.54) is 7.11 Å². The Bertz CT molecular complexity index is 884. The summed E-state index contributed by atoms with van der Waals surface area (Å²) in [7, 11) is 1.36. The number of pyridine rings is 1. The van der Waals surface area contributed by atoms with Crippen molar-refractivity contribution < 1.29 is 14.6 Å². The molecule has 0 spiro atoms. The molecule has 0 fully saturated rings. The standard InChI is InChI=1S/C23H28ClN3O3/c1-17(6-3-4-10-24)22(28)16-26-12-13-27-19-8-5-7-18(14-19)21-15-25-11-9-20(21)23(29)30-2/h3-9,11,14-15,22,26-28H,10,12-13,16H2,1-2H3/b4-3-,17-6+. The summed E-state index contributed by atoms with van der Waals surface area (Å²) in [6.45, 7) is 3.72. The number of aromatic nitrogens is 1. The Hall–Kier alpha value is -2.67. The Morgan fingerprint density at radius 1 is 1.33 bits per heavy atom. The molecule has 2 rings (SSSR count). The lowest BCUT2D eigenvalue weighted by atomic mass is 10.0. The van der Waals surface area contributed by atoms with Crippen molar-refractivity contribution in [1.82, 2.24) is 10.3 Å². The van der Waals surface area contributed by atoms with Gasteiger partial charge in [-0.15, -0.1) is 11.6 Å². The highest BCUT2D eigenvalue weighted by molar-refractivity contribution is 6.18. The first-order valence-corrected chi connectivity index (χ1v) is 10.2. The molecule has 7 heteroatoms. The molecule has 6 nitrogen and oxygen atoms in total. The average Bonchev–Trinajstić information content (AvgIpc) is 2.78. The molecule has 0 amide bonds. The van der Waals surface area contributed by atoms with Crippen LogP contribution in [0.2, 0.25) is 0 Å². The molecule has 1 heterocycles. The van der Waals surface area contributed by atoms with Gasteiger partial charge in [-0.1, -0.05) is 30.4 Å². The van der Waals surface area contributed by atoms with E-state index >= 15 is 0 Å². The Kier molecular flexibility index (Phi) is 10.1. The number of allylic oxidation sites excluding steroid dienone is 3. The van der Waals surface area contributed by atoms with Crippen LogP contribution < -0.4 is 10.6 Å². The third-order valence-corrected chi connectivity index (χ3v) is 4.66. The number of carbonyl (C=O) groups excluding carboxylic acids is 1. The molecule has 0 radical (unpaired) electrons. The Balaban J connectivity index is 1.88. The zero-order chi connectivity index (χ0) is 21.8. The first kappa shape index (κ1) is 23.6. The van der Waals surface area contributed by atoms with Gasteiger partial charge in [0.1, 0.15) is 0 Å². The molecule has 160 valence electrons. The van der Waals surface area contributed by atoms with E-state index in [0.717, 1.165) is 22.4 Å². The van der Waals surface area contributed by atoms with Gasteiger partial charge in [-0.2, -0.15) is 0 Å². The van der Waals surface area contributed by atoms with Crippen LogP contribution >= 0.6 is 11.6 Å². The van der Waals surface area contributed by atoms with Gasteiger partial charge in [0.25, 0.3) is 0 Å². The van der Waals surface area contributed by atoms with E-state index in [2.05, 4.69) is 15.6 Å². The minimum absolute atomic E-state index is 0.393. The number of ether oxygens (including phenoxy) is 1. The zero-order valence-corrected chi connectivity index (χ0v) is 18.0. The molecule has 3 N–H and O–H groups in total. The van der Waals surface area contributed by atoms with Crippen molar-refractivity contribution in [3.63, 3.8) is 0 Å². The maximum Gasteiger partial charge on any atom is 0.338 e. The highest BCUT2D eigenvalue weighted by atomic mass is 35.5. The van der Waals surface area contributed by atoms with Crippen LogP contribution in [0.4, 0.5) is 5.69 Å². The summed E-state index contributed by atoms with van der Waals surface area (Å²) in [5, 5.41) is 16.7. The normalized spacial score (nSPS) is 12.7. The maximum atomic E-state index is 12.0. The second-order valence-electron chi connectivity index (χ2n) is 6.63. The second-order valence-corrected chi connectivity index (χ2v) is 6.94. The van der Waals surface area contributed by atoms with Crippen molar-refractivity contribution in [2.45, 2.75) is 13.0 Å². The average molecular weight is 430 g/mol. The Morgan fingerprint density at radius 3 is 2.93 bits per heavy atom. The van der Waals surface area contributed by atoms with Crippen molar-refractivity contribution in [2.75, 3.05) is 37.9 Å². The van der Waals surface area contributed by atoms with Gasteiger partial charge >= 0.3 is 5.97 Å². The SMILES string of the molecule is COC(=O)c1ccncc1-c1cccc(NCCNCC(O)/C(C)=C/C=C\CCl)c1. The zero-order valence-electron chi connectivity index (χ0n) is 17.3. The van der Waals surface area contributed by atoms with Gasteiger partial charge in [-0.3, -0.25) is 4.98 Å². The molecule has 1 aromatic carbocycles. The number of methoxy groups -OCH3 is 1. The largest absolute Gasteiger partial charge is 0.465 e. The predicted octanol–water partition coefficient (Wildman–Crippen LogP) is 3.64. The van der Waals surface area contributed by atoms with Crippen LogP contribution in [0, 0.1) is 0 Å². The lowest BCUT2D eigenvalue weighted by Crippen LogP contribution is -2.31. The van der Waals surface area contributed by atoms with E-state index in [-0.39, 0.29) is 0 Å². The van der Waals surface area contributed by atoms with E-state index in [0.29, 0.717) is 31.1 Å². The first-order valence-electron chi connectivity index (χ1n) is 9.71. The second kappa shape index (κ2) is 12.8. The fourth-order valence-electron chi connectivity index (χ4n) is 2.79. The van der Waals surface area contributed by atoms with Crippen LogP contribution in [0.5, 0.6) is 0 Å². The monoisotopic (exact) mass is 429 g/mol. The smallest absolute Gasteiger partial charge is 0.338 e. The van der Waals surface area contributed by atoms with Crippen LogP contribution in [0.25, 0.3) is 11.1 Å². The van der Waals surface area contributed by atoms with Gasteiger partial charge in [-0.25, -0.2) is 4.79 Å². The Labute approximate surface area is 182 Å². The van der Waals surface area contributed by atoms with Crippen LogP contribution in [0.1, 0.15) is 17.3 Å². The number of halogens is 1. The molecule has 0 aliphatic rings. The third kappa shape index (κ3) is 7.30. The molecule has 1 atom stereocenters. The number of rotatable bonds is 11. The van der Waals surface area contributed by atoms with Gasteiger partial charge in [0.2, 0.25) is 0 Å². The van der Waals surface area contributed by atoms with E-state index in [4.69, 9.17) is 16.3 Å². The highest BCUT2D eigenvalue weighted by Gasteiger charge is 2.13. The summed E-state index contributed by atoms with van der Waals surface area (Å²) in [5.74, 6) is 0.0616. The number of carbonyl (C=O) groups is 1. The molecule has 30 heavy (non-hydrogen) atoms. The Morgan fingerprint density at radius 2 is 2.17 bits per heavy atom. The predicted molar refractivity (Wildman–Crippen MR) is 122 cm³/mol. The van der Waals surface area contributed by atoms with Gasteiger partial charge in [0, 0.05) is 49.2 Å². The molecule has 0 aliphatic carbocycles. The molecule has 0 bridgehead atoms. The van der Waals surface area contributed by atoms with Crippen molar-refractivity contribution in [2.24, 2.45) is 0 Å². The summed E-state index contributed by atoms with van der Waals surface area (Å²) in [5.41, 5.74) is 3.88. The number of hydrogen-bond donors (Lipinski definition) is 3. The molecule has 2 aromatic rings. The molecule has 0 aliphatic heterocycles. The van der Waals surface area contributed by atoms with Crippen LogP contribution in [0.3, 0.4) is 0 Å². The van der Waals surface area contributed by atoms with Gasteiger partial charge in [-0.05, 0) is 36.3 Å². The summed E-state index contributed by atoms with van der Waals surface area (Å²) >= 11 is 5.58. The summed E-state index contributed by atoms with van der Waals surface area (Å²) in [4.78, 5) is 16.1. The lowest BCUT2D eigenvalue weighted by Gasteiger charge is -2.13. The van der Waals surface area contributed by atoms with E-state index in [1.54, 1.807) is 18.5 Å². The number of hydrogen-bond acceptors (Lipinski definition) is 6. The van der Waals surface area contributed by atoms with Crippen LogP contribution in [0.15, 0.2) is 66.5 Å². The minimum Gasteiger partial charge on any atom is -0.465 e. The molecule has 0 saturated heterocycles. The van der Waals surface area contributed by atoms with Crippen LogP contribution in [-0.4, -0.2) is 54.8 Å². The van der Waals surface area contributed by atoms with Crippen LogP contribution in [-0.2, 0) is 4.74 Å². The number of aliphatic hydroxyl groups is 1. The molecular weight excluding hydrogens is 402 g/mol. The van der Waals surface area contributed by atoms with Crippen molar-refractivity contribution in [1.29, 1.82) is 0 Å². The summed E-state index contributed by atoms with van der Waals surface area (Å²) in [6, 6.07) is 9.43.